The van der Waals surface area contributed by atoms with Crippen LogP contribution in [-0.2, 0) is 9.53 Å². The van der Waals surface area contributed by atoms with E-state index >= 15 is 0 Å². The molecule has 4 aromatic rings. The van der Waals surface area contributed by atoms with Crippen LogP contribution in [0, 0.1) is 0 Å². The van der Waals surface area contributed by atoms with Crippen LogP contribution in [0.15, 0.2) is 57.5 Å². The number of ether oxygens (including phenoxy) is 1. The Kier molecular flexibility index (Phi) is 7.05. The van der Waals surface area contributed by atoms with E-state index in [4.69, 9.17) is 32.4 Å². The number of halogens is 2. The topological polar surface area (TPSA) is 81.4 Å². The molecule has 0 saturated heterocycles. The van der Waals surface area contributed by atoms with E-state index in [0.29, 0.717) is 42.5 Å². The first-order chi connectivity index (χ1) is 15.5. The minimum atomic E-state index is -0.526. The van der Waals surface area contributed by atoms with Gasteiger partial charge in [-0.2, -0.15) is 0 Å². The van der Waals surface area contributed by atoms with E-state index in [1.807, 2.05) is 18.2 Å². The zero-order valence-corrected chi connectivity index (χ0v) is 19.8. The Morgan fingerprint density at radius 2 is 2.00 bits per heavy atom. The van der Waals surface area contributed by atoms with Crippen LogP contribution in [0.5, 0.6) is 0 Å². The minimum absolute atomic E-state index is 0.0438. The molecule has 0 bridgehead atoms. The lowest BCUT2D eigenvalue weighted by Crippen LogP contribution is -2.16. The molecule has 6 nitrogen and oxygen atoms in total. The fourth-order valence-corrected chi connectivity index (χ4v) is 4.97. The smallest absolute Gasteiger partial charge is 0.341 e. The van der Waals surface area contributed by atoms with Gasteiger partial charge < -0.3 is 14.5 Å². The molecule has 0 radical (unpaired) electrons. The SMILES string of the molecule is CCOC(=O)c1c(-c2ccccc2Cl)csc1NC(=O)CSc1nc2cc(Cl)ccc2o1. The van der Waals surface area contributed by atoms with E-state index in [9.17, 15) is 9.59 Å². The number of fused-ring (bicyclic) bond motifs is 1. The molecule has 0 unspecified atom stereocenters. The van der Waals surface area contributed by atoms with Crippen molar-refractivity contribution in [3.8, 4) is 11.1 Å². The number of thiophene rings is 1. The summed E-state index contributed by atoms with van der Waals surface area (Å²) in [6, 6.07) is 12.3. The molecular formula is C22H16Cl2N2O4S2. The third kappa shape index (κ3) is 4.94. The summed E-state index contributed by atoms with van der Waals surface area (Å²) in [5.41, 5.74) is 2.78. The van der Waals surface area contributed by atoms with Gasteiger partial charge in [0.25, 0.3) is 5.22 Å². The van der Waals surface area contributed by atoms with Crippen molar-refractivity contribution in [3.05, 3.63) is 63.5 Å². The van der Waals surface area contributed by atoms with E-state index in [0.717, 1.165) is 11.8 Å². The normalized spacial score (nSPS) is 11.0. The number of esters is 1. The Morgan fingerprint density at radius 1 is 1.19 bits per heavy atom. The predicted octanol–water partition coefficient (Wildman–Crippen LogP) is 6.77. The average molecular weight is 507 g/mol. The maximum Gasteiger partial charge on any atom is 0.341 e. The van der Waals surface area contributed by atoms with E-state index in [1.54, 1.807) is 36.6 Å². The van der Waals surface area contributed by atoms with Crippen molar-refractivity contribution in [1.29, 1.82) is 0 Å². The second kappa shape index (κ2) is 9.95. The largest absolute Gasteiger partial charge is 0.462 e. The first kappa shape index (κ1) is 22.7. The second-order valence-corrected chi connectivity index (χ2v) is 9.13. The maximum absolute atomic E-state index is 12.7. The molecular weight excluding hydrogens is 491 g/mol. The van der Waals surface area contributed by atoms with Gasteiger partial charge in [-0.1, -0.05) is 53.2 Å². The number of rotatable bonds is 7. The third-order valence-corrected chi connectivity index (χ3v) is 6.63. The number of hydrogen-bond donors (Lipinski definition) is 1. The standard InChI is InChI=1S/C22H16Cl2N2O4S2/c1-2-29-21(28)19-14(13-5-3-4-6-15(13)24)10-31-20(19)26-18(27)11-32-22-25-16-9-12(23)7-8-17(16)30-22/h3-10H,2,11H2,1H3,(H,26,27). The number of carbonyl (C=O) groups excluding carboxylic acids is 2. The number of nitrogens with zero attached hydrogens (tertiary/aromatic N) is 1. The number of nitrogens with one attached hydrogen (secondary N) is 1. The molecule has 1 amide bonds. The highest BCUT2D eigenvalue weighted by molar-refractivity contribution is 7.99. The second-order valence-electron chi connectivity index (χ2n) is 6.48. The van der Waals surface area contributed by atoms with Crippen LogP contribution in [0.2, 0.25) is 10.0 Å². The van der Waals surface area contributed by atoms with Gasteiger partial charge in [-0.3, -0.25) is 4.79 Å². The van der Waals surface area contributed by atoms with Crippen molar-refractivity contribution >= 4 is 74.3 Å². The van der Waals surface area contributed by atoms with Gasteiger partial charge in [0, 0.05) is 26.6 Å². The molecule has 10 heteroatoms. The molecule has 2 aromatic heterocycles. The van der Waals surface area contributed by atoms with Crippen molar-refractivity contribution in [1.82, 2.24) is 4.98 Å². The Hall–Kier alpha value is -2.52. The van der Waals surface area contributed by atoms with Crippen LogP contribution in [0.25, 0.3) is 22.2 Å². The van der Waals surface area contributed by atoms with Crippen LogP contribution < -0.4 is 5.32 Å². The summed E-state index contributed by atoms with van der Waals surface area (Å²) in [6.45, 7) is 1.93. The number of amides is 1. The predicted molar refractivity (Wildman–Crippen MR) is 129 cm³/mol. The van der Waals surface area contributed by atoms with Crippen LogP contribution in [0.4, 0.5) is 5.00 Å². The van der Waals surface area contributed by atoms with Crippen LogP contribution in [0.1, 0.15) is 17.3 Å². The van der Waals surface area contributed by atoms with Crippen molar-refractivity contribution in [2.24, 2.45) is 0 Å². The summed E-state index contributed by atoms with van der Waals surface area (Å²) in [6.07, 6.45) is 0. The molecule has 0 aliphatic carbocycles. The molecule has 2 heterocycles. The van der Waals surface area contributed by atoms with Crippen LogP contribution in [-0.4, -0.2) is 29.2 Å². The van der Waals surface area contributed by atoms with Gasteiger partial charge in [-0.25, -0.2) is 9.78 Å². The number of oxazole rings is 1. The quantitative estimate of drug-likeness (QED) is 0.220. The van der Waals surface area contributed by atoms with Gasteiger partial charge in [0.2, 0.25) is 5.91 Å². The summed E-state index contributed by atoms with van der Waals surface area (Å²) < 4.78 is 10.8. The lowest BCUT2D eigenvalue weighted by Gasteiger charge is -2.09. The number of anilines is 1. The highest BCUT2D eigenvalue weighted by Gasteiger charge is 2.24. The van der Waals surface area contributed by atoms with Crippen molar-refractivity contribution in [2.45, 2.75) is 12.1 Å². The molecule has 0 aliphatic heterocycles. The summed E-state index contributed by atoms with van der Waals surface area (Å²) in [4.78, 5) is 29.6. The molecule has 0 saturated carbocycles. The van der Waals surface area contributed by atoms with Crippen LogP contribution in [0.3, 0.4) is 0 Å². The highest BCUT2D eigenvalue weighted by atomic mass is 35.5. The summed E-state index contributed by atoms with van der Waals surface area (Å²) in [5.74, 6) is -0.793. The average Bonchev–Trinajstić information content (AvgIpc) is 3.36. The molecule has 0 fully saturated rings. The van der Waals surface area contributed by atoms with Gasteiger partial charge in [-0.05, 0) is 31.2 Å². The first-order valence-electron chi connectivity index (χ1n) is 9.48. The van der Waals surface area contributed by atoms with Crippen molar-refractivity contribution in [2.75, 3.05) is 17.7 Å². The molecule has 1 N–H and O–H groups in total. The lowest BCUT2D eigenvalue weighted by atomic mass is 10.0. The van der Waals surface area contributed by atoms with E-state index in [2.05, 4.69) is 10.3 Å². The Balaban J connectivity index is 1.53. The van der Waals surface area contributed by atoms with Gasteiger partial charge in [0.05, 0.1) is 12.4 Å². The fraction of sp³-hybridized carbons (Fsp3) is 0.136. The molecule has 0 atom stereocenters. The van der Waals surface area contributed by atoms with Gasteiger partial charge in [0.15, 0.2) is 5.58 Å². The molecule has 164 valence electrons. The van der Waals surface area contributed by atoms with Gasteiger partial charge >= 0.3 is 5.97 Å². The molecule has 2 aromatic carbocycles. The highest BCUT2D eigenvalue weighted by Crippen LogP contribution is 2.39. The summed E-state index contributed by atoms with van der Waals surface area (Å²) in [5, 5.41) is 6.38. The van der Waals surface area contributed by atoms with Crippen LogP contribution >= 0.6 is 46.3 Å². The Labute approximate surface area is 201 Å². The molecule has 0 spiro atoms. The van der Waals surface area contributed by atoms with Crippen molar-refractivity contribution < 1.29 is 18.7 Å². The summed E-state index contributed by atoms with van der Waals surface area (Å²) in [7, 11) is 0. The maximum atomic E-state index is 12.7. The van der Waals surface area contributed by atoms with Crippen molar-refractivity contribution in [3.63, 3.8) is 0 Å². The summed E-state index contributed by atoms with van der Waals surface area (Å²) >= 11 is 14.7. The molecule has 0 aliphatic rings. The number of benzene rings is 2. The Bertz CT molecular complexity index is 1300. The van der Waals surface area contributed by atoms with E-state index in [-0.39, 0.29) is 23.8 Å². The zero-order chi connectivity index (χ0) is 22.7. The van der Waals surface area contributed by atoms with Gasteiger partial charge in [-0.15, -0.1) is 11.3 Å². The van der Waals surface area contributed by atoms with E-state index in [1.165, 1.54) is 11.3 Å². The third-order valence-electron chi connectivity index (χ3n) is 4.34. The number of aromatic nitrogens is 1. The number of hydrogen-bond acceptors (Lipinski definition) is 7. The lowest BCUT2D eigenvalue weighted by molar-refractivity contribution is -0.113. The molecule has 32 heavy (non-hydrogen) atoms. The zero-order valence-electron chi connectivity index (χ0n) is 16.7. The minimum Gasteiger partial charge on any atom is -0.462 e. The number of carbonyl (C=O) groups is 2. The van der Waals surface area contributed by atoms with Gasteiger partial charge in [0.1, 0.15) is 16.1 Å². The monoisotopic (exact) mass is 506 g/mol. The number of thioether (sulfide) groups is 1. The molecule has 4 rings (SSSR count). The first-order valence-corrected chi connectivity index (χ1v) is 12.1. The Morgan fingerprint density at radius 3 is 2.78 bits per heavy atom. The fourth-order valence-electron chi connectivity index (χ4n) is 2.96. The van der Waals surface area contributed by atoms with E-state index < -0.39 is 5.97 Å².